The summed E-state index contributed by atoms with van der Waals surface area (Å²) in [6, 6.07) is 12.4. The number of ether oxygens (including phenoxy) is 2. The molecule has 174 valence electrons. The highest BCUT2D eigenvalue weighted by atomic mass is 19.1. The summed E-state index contributed by atoms with van der Waals surface area (Å²) >= 11 is 0. The van der Waals surface area contributed by atoms with Crippen LogP contribution in [0.2, 0.25) is 0 Å². The molecule has 7 heteroatoms. The summed E-state index contributed by atoms with van der Waals surface area (Å²) in [5.74, 6) is 0.377. The molecule has 0 saturated carbocycles. The number of methoxy groups -OCH3 is 1. The van der Waals surface area contributed by atoms with E-state index in [0.717, 1.165) is 24.1 Å². The van der Waals surface area contributed by atoms with Crippen molar-refractivity contribution in [2.24, 2.45) is 5.41 Å². The van der Waals surface area contributed by atoms with Crippen molar-refractivity contribution in [1.29, 1.82) is 0 Å². The summed E-state index contributed by atoms with van der Waals surface area (Å²) in [6.45, 7) is 2.56. The Bertz CT molecular complexity index is 1060. The van der Waals surface area contributed by atoms with E-state index in [1.807, 2.05) is 35.0 Å². The molecule has 0 spiro atoms. The fourth-order valence-corrected chi connectivity index (χ4v) is 4.46. The maximum Gasteiger partial charge on any atom is 0.226 e. The zero-order valence-corrected chi connectivity index (χ0v) is 18.9. The van der Waals surface area contributed by atoms with Crippen LogP contribution in [0, 0.1) is 11.2 Å². The fraction of sp³-hybridized carbons (Fsp3) is 0.385. The number of benzene rings is 2. The number of amides is 1. The summed E-state index contributed by atoms with van der Waals surface area (Å²) in [5, 5.41) is 3.15. The summed E-state index contributed by atoms with van der Waals surface area (Å²) in [4.78, 5) is 17.4. The second-order valence-electron chi connectivity index (χ2n) is 8.52. The van der Waals surface area contributed by atoms with Crippen LogP contribution >= 0.6 is 0 Å². The minimum absolute atomic E-state index is 0.0742. The van der Waals surface area contributed by atoms with Crippen LogP contribution in [0.4, 0.5) is 4.39 Å². The molecule has 2 aromatic carbocycles. The molecule has 2 heterocycles. The third-order valence-electron chi connectivity index (χ3n) is 6.31. The van der Waals surface area contributed by atoms with Gasteiger partial charge in [-0.1, -0.05) is 24.3 Å². The molecule has 33 heavy (non-hydrogen) atoms. The van der Waals surface area contributed by atoms with Crippen molar-refractivity contribution in [2.45, 2.75) is 32.2 Å². The summed E-state index contributed by atoms with van der Waals surface area (Å²) in [6.07, 6.45) is 8.24. The van der Waals surface area contributed by atoms with Crippen molar-refractivity contribution in [3.05, 3.63) is 72.6 Å². The number of carbonyl (C=O) groups is 1. The molecule has 1 amide bonds. The third-order valence-corrected chi connectivity index (χ3v) is 6.31. The molecule has 1 saturated heterocycles. The number of nitrogens with zero attached hydrogens (tertiary/aromatic N) is 2. The van der Waals surface area contributed by atoms with Gasteiger partial charge in [0.25, 0.3) is 0 Å². The lowest BCUT2D eigenvalue weighted by molar-refractivity contribution is -0.136. The third kappa shape index (κ3) is 5.60. The molecule has 1 N–H and O–H groups in total. The lowest BCUT2D eigenvalue weighted by Crippen LogP contribution is -2.46. The number of halogens is 1. The quantitative estimate of drug-likeness (QED) is 0.494. The zero-order valence-electron chi connectivity index (χ0n) is 18.9. The van der Waals surface area contributed by atoms with Crippen LogP contribution < -0.4 is 10.1 Å². The highest BCUT2D eigenvalue weighted by Crippen LogP contribution is 2.37. The molecule has 1 aliphatic heterocycles. The van der Waals surface area contributed by atoms with Gasteiger partial charge in [-0.2, -0.15) is 0 Å². The van der Waals surface area contributed by atoms with E-state index in [9.17, 15) is 9.18 Å². The second kappa shape index (κ2) is 10.6. The largest absolute Gasteiger partial charge is 0.496 e. The molecule has 6 nitrogen and oxygen atoms in total. The van der Waals surface area contributed by atoms with Crippen LogP contribution in [0.25, 0.3) is 11.1 Å². The number of imidazole rings is 1. The van der Waals surface area contributed by atoms with Crippen molar-refractivity contribution in [3.8, 4) is 16.9 Å². The zero-order chi connectivity index (χ0) is 23.1. The molecule has 0 radical (unpaired) electrons. The van der Waals surface area contributed by atoms with E-state index < -0.39 is 5.41 Å². The van der Waals surface area contributed by atoms with Gasteiger partial charge >= 0.3 is 0 Å². The van der Waals surface area contributed by atoms with Crippen LogP contribution in [0.1, 0.15) is 24.8 Å². The molecule has 0 bridgehead atoms. The molecule has 1 aromatic heterocycles. The molecule has 0 aliphatic carbocycles. The van der Waals surface area contributed by atoms with Crippen molar-refractivity contribution in [2.75, 3.05) is 26.9 Å². The van der Waals surface area contributed by atoms with E-state index in [4.69, 9.17) is 9.47 Å². The van der Waals surface area contributed by atoms with Gasteiger partial charge in [0.2, 0.25) is 5.91 Å². The predicted molar refractivity (Wildman–Crippen MR) is 124 cm³/mol. The first-order valence-electron chi connectivity index (χ1n) is 11.3. The number of nitrogens with one attached hydrogen (secondary N) is 1. The second-order valence-corrected chi connectivity index (χ2v) is 8.52. The molecule has 3 aromatic rings. The number of carbonyl (C=O) groups excluding carboxylic acids is 1. The molecule has 1 aliphatic rings. The predicted octanol–water partition coefficient (Wildman–Crippen LogP) is 4.24. The summed E-state index contributed by atoms with van der Waals surface area (Å²) < 4.78 is 26.9. The first-order chi connectivity index (χ1) is 16.1. The van der Waals surface area contributed by atoms with Crippen LogP contribution in [-0.2, 0) is 22.5 Å². The van der Waals surface area contributed by atoms with Crippen LogP contribution in [-0.4, -0.2) is 42.3 Å². The van der Waals surface area contributed by atoms with Gasteiger partial charge in [-0.3, -0.25) is 4.79 Å². The number of aromatic nitrogens is 2. The van der Waals surface area contributed by atoms with Gasteiger partial charge in [-0.05, 0) is 55.0 Å². The van der Waals surface area contributed by atoms with Gasteiger partial charge in [0.15, 0.2) is 0 Å². The Morgan fingerprint density at radius 2 is 2.09 bits per heavy atom. The van der Waals surface area contributed by atoms with Crippen LogP contribution in [0.3, 0.4) is 0 Å². The smallest absolute Gasteiger partial charge is 0.226 e. The van der Waals surface area contributed by atoms with Gasteiger partial charge in [-0.25, -0.2) is 9.37 Å². The fourth-order valence-electron chi connectivity index (χ4n) is 4.46. The van der Waals surface area contributed by atoms with Crippen molar-refractivity contribution >= 4 is 5.91 Å². The van der Waals surface area contributed by atoms with Gasteiger partial charge < -0.3 is 19.4 Å². The van der Waals surface area contributed by atoms with Gasteiger partial charge in [0.1, 0.15) is 11.6 Å². The van der Waals surface area contributed by atoms with E-state index in [0.29, 0.717) is 50.3 Å². The van der Waals surface area contributed by atoms with E-state index >= 15 is 0 Å². The SMILES string of the molecule is COc1ccc(F)cc1-c1cccc(CC2(C(=O)NCCCn3ccnc3)CCOCC2)c1. The van der Waals surface area contributed by atoms with E-state index in [1.165, 1.54) is 12.1 Å². The Morgan fingerprint density at radius 3 is 2.85 bits per heavy atom. The molecule has 0 unspecified atom stereocenters. The average molecular weight is 452 g/mol. The van der Waals surface area contributed by atoms with Gasteiger partial charge in [0, 0.05) is 44.3 Å². The number of hydrogen-bond donors (Lipinski definition) is 1. The monoisotopic (exact) mass is 451 g/mol. The minimum Gasteiger partial charge on any atom is -0.496 e. The van der Waals surface area contributed by atoms with Crippen molar-refractivity contribution < 1.29 is 18.7 Å². The maximum atomic E-state index is 13.9. The lowest BCUT2D eigenvalue weighted by atomic mass is 9.74. The molecule has 1 fully saturated rings. The summed E-state index contributed by atoms with van der Waals surface area (Å²) in [5.41, 5.74) is 2.09. The van der Waals surface area contributed by atoms with Crippen LogP contribution in [0.5, 0.6) is 5.75 Å². The molecule has 0 atom stereocenters. The highest BCUT2D eigenvalue weighted by Gasteiger charge is 2.40. The Hall–Kier alpha value is -3.19. The highest BCUT2D eigenvalue weighted by molar-refractivity contribution is 5.83. The number of hydrogen-bond acceptors (Lipinski definition) is 4. The molecule has 4 rings (SSSR count). The number of rotatable bonds is 9. The van der Waals surface area contributed by atoms with E-state index in [2.05, 4.69) is 10.3 Å². The van der Waals surface area contributed by atoms with Crippen molar-refractivity contribution in [3.63, 3.8) is 0 Å². The van der Waals surface area contributed by atoms with E-state index in [1.54, 1.807) is 25.7 Å². The molecular formula is C26H30FN3O3. The Labute approximate surface area is 193 Å². The first-order valence-corrected chi connectivity index (χ1v) is 11.3. The van der Waals surface area contributed by atoms with Gasteiger partial charge in [0.05, 0.1) is 18.9 Å². The first kappa shape index (κ1) is 23.0. The standard InChI is InChI=1S/C26H30FN3O3/c1-32-24-7-6-22(27)17-23(24)21-5-2-4-20(16-21)18-26(8-14-33-15-9-26)25(31)29-10-3-12-30-13-11-28-19-30/h2,4-7,11,13,16-17,19H,3,8-10,12,14-15,18H2,1H3,(H,29,31). The van der Waals surface area contributed by atoms with Crippen molar-refractivity contribution in [1.82, 2.24) is 14.9 Å². The topological polar surface area (TPSA) is 65.4 Å². The van der Waals surface area contributed by atoms with Gasteiger partial charge in [-0.15, -0.1) is 0 Å². The average Bonchev–Trinajstić information content (AvgIpc) is 3.36. The maximum absolute atomic E-state index is 13.9. The Kier molecular flexibility index (Phi) is 7.40. The molecular weight excluding hydrogens is 421 g/mol. The van der Waals surface area contributed by atoms with Crippen LogP contribution in [0.15, 0.2) is 61.2 Å². The summed E-state index contributed by atoms with van der Waals surface area (Å²) in [7, 11) is 1.58. The normalized spacial score (nSPS) is 15.2. The van der Waals surface area contributed by atoms with E-state index in [-0.39, 0.29) is 11.7 Å². The Morgan fingerprint density at radius 1 is 1.24 bits per heavy atom. The minimum atomic E-state index is -0.516. The number of aryl methyl sites for hydroxylation is 1. The Balaban J connectivity index is 1.49. The lowest BCUT2D eigenvalue weighted by Gasteiger charge is -2.36.